The molecule has 0 aliphatic carbocycles. The van der Waals surface area contributed by atoms with Gasteiger partial charge in [0.05, 0.1) is 0 Å². The Labute approximate surface area is 93.2 Å². The predicted molar refractivity (Wildman–Crippen MR) is 60.9 cm³/mol. The van der Waals surface area contributed by atoms with E-state index in [4.69, 9.17) is 10.2 Å². The maximum atomic E-state index is 9.55. The first-order valence-electron chi connectivity index (χ1n) is 4.37. The van der Waals surface area contributed by atoms with Crippen LogP contribution in [-0.2, 0) is 9.59 Å². The van der Waals surface area contributed by atoms with E-state index >= 15 is 0 Å². The number of rotatable bonds is 3. The molecule has 4 nitrogen and oxygen atoms in total. The van der Waals surface area contributed by atoms with Crippen LogP contribution in [-0.4, -0.2) is 22.2 Å². The Morgan fingerprint density at radius 2 is 1.44 bits per heavy atom. The van der Waals surface area contributed by atoms with Gasteiger partial charge in [-0.25, -0.2) is 9.59 Å². The van der Waals surface area contributed by atoms with Crippen LogP contribution in [0.25, 0.3) is 6.08 Å². The summed E-state index contributed by atoms with van der Waals surface area (Å²) in [6, 6.07) is 10.0. The Bertz CT molecular complexity index is 363. The number of carboxylic acid groups (broad SMARTS) is 2. The first-order valence-corrected chi connectivity index (χ1v) is 4.37. The van der Waals surface area contributed by atoms with Crippen molar-refractivity contribution in [2.75, 3.05) is 0 Å². The number of benzene rings is 1. The van der Waals surface area contributed by atoms with Crippen molar-refractivity contribution in [2.45, 2.75) is 0 Å². The molecule has 0 spiro atoms. The quantitative estimate of drug-likeness (QED) is 0.764. The van der Waals surface area contributed by atoms with Crippen molar-refractivity contribution in [2.24, 2.45) is 0 Å². The zero-order valence-electron chi connectivity index (χ0n) is 8.54. The van der Waals surface area contributed by atoms with Crippen LogP contribution in [0.4, 0.5) is 0 Å². The molecule has 1 aromatic carbocycles. The average Bonchev–Trinajstić information content (AvgIpc) is 2.28. The second kappa shape index (κ2) is 7.99. The second-order valence-electron chi connectivity index (χ2n) is 2.62. The van der Waals surface area contributed by atoms with Gasteiger partial charge in [0.15, 0.2) is 0 Å². The predicted octanol–water partition coefficient (Wildman–Crippen LogP) is 2.04. The third-order valence-corrected chi connectivity index (χ3v) is 1.40. The molecule has 0 fully saturated rings. The smallest absolute Gasteiger partial charge is 0.328 e. The minimum atomic E-state index is -1.26. The highest BCUT2D eigenvalue weighted by molar-refractivity contribution is 5.89. The number of carbonyl (C=O) groups is 2. The molecule has 16 heavy (non-hydrogen) atoms. The zero-order chi connectivity index (χ0) is 12.4. The second-order valence-corrected chi connectivity index (χ2v) is 2.62. The van der Waals surface area contributed by atoms with Crippen molar-refractivity contribution >= 4 is 18.0 Å². The van der Waals surface area contributed by atoms with Crippen LogP contribution in [0.15, 0.2) is 49.1 Å². The van der Waals surface area contributed by atoms with Crippen LogP contribution in [0.2, 0.25) is 0 Å². The van der Waals surface area contributed by atoms with E-state index in [9.17, 15) is 9.59 Å². The lowest BCUT2D eigenvalue weighted by molar-refractivity contribution is -0.134. The average molecular weight is 220 g/mol. The van der Waals surface area contributed by atoms with Crippen molar-refractivity contribution in [1.82, 2.24) is 0 Å². The molecule has 84 valence electrons. The Kier molecular flexibility index (Phi) is 6.81. The molecule has 0 aliphatic rings. The van der Waals surface area contributed by atoms with Crippen molar-refractivity contribution in [3.8, 4) is 0 Å². The van der Waals surface area contributed by atoms with E-state index in [1.165, 1.54) is 5.56 Å². The highest BCUT2D eigenvalue weighted by atomic mass is 16.4. The summed E-state index contributed by atoms with van der Waals surface area (Å²) in [6.45, 7) is 3.63. The molecule has 0 atom stereocenters. The molecule has 0 bridgehead atoms. The van der Waals surface area contributed by atoms with Crippen molar-refractivity contribution in [3.63, 3.8) is 0 Å². The number of hydrogen-bond donors (Lipinski definition) is 2. The summed E-state index contributed by atoms with van der Waals surface area (Å²) in [5.74, 6) is -2.51. The van der Waals surface area contributed by atoms with Gasteiger partial charge in [-0.1, -0.05) is 43.0 Å². The van der Waals surface area contributed by atoms with Crippen LogP contribution in [0.1, 0.15) is 5.56 Å². The van der Waals surface area contributed by atoms with E-state index < -0.39 is 11.9 Å². The summed E-state index contributed by atoms with van der Waals surface area (Å²) in [7, 11) is 0. The summed E-state index contributed by atoms with van der Waals surface area (Å²) in [6.07, 6.45) is 2.95. The summed E-state index contributed by atoms with van der Waals surface area (Å²) < 4.78 is 0. The van der Waals surface area contributed by atoms with Gasteiger partial charge < -0.3 is 10.2 Å². The largest absolute Gasteiger partial charge is 0.478 e. The van der Waals surface area contributed by atoms with E-state index in [-0.39, 0.29) is 0 Å². The molecule has 1 aromatic rings. The number of aliphatic carboxylic acids is 2. The summed E-state index contributed by atoms with van der Waals surface area (Å²) in [4.78, 5) is 19.1. The first-order chi connectivity index (χ1) is 7.56. The SMILES string of the molecule is C=Cc1ccccc1.O=C(O)/C=C/C(=O)O. The van der Waals surface area contributed by atoms with Gasteiger partial charge in [-0.05, 0) is 5.56 Å². The van der Waals surface area contributed by atoms with Crippen molar-refractivity contribution in [1.29, 1.82) is 0 Å². The Hall–Kier alpha value is -2.36. The molecule has 0 amide bonds. The molecule has 2 N–H and O–H groups in total. The van der Waals surface area contributed by atoms with Crippen LogP contribution in [0.5, 0.6) is 0 Å². The molecular weight excluding hydrogens is 208 g/mol. The molecule has 0 saturated heterocycles. The zero-order valence-corrected chi connectivity index (χ0v) is 8.54. The standard InChI is InChI=1S/C8H8.C4H4O4/c1-2-8-6-4-3-5-7-8;5-3(6)1-2-4(7)8/h2-7H,1H2;1-2H,(H,5,6)(H,7,8)/b;2-1+. The van der Waals surface area contributed by atoms with Crippen LogP contribution in [0, 0.1) is 0 Å². The van der Waals surface area contributed by atoms with Gasteiger partial charge >= 0.3 is 11.9 Å². The third kappa shape index (κ3) is 8.25. The minimum Gasteiger partial charge on any atom is -0.478 e. The van der Waals surface area contributed by atoms with Gasteiger partial charge in [-0.2, -0.15) is 0 Å². The lowest BCUT2D eigenvalue weighted by Crippen LogP contribution is -1.91. The van der Waals surface area contributed by atoms with Gasteiger partial charge in [0, 0.05) is 12.2 Å². The molecule has 0 radical (unpaired) electrons. The fraction of sp³-hybridized carbons (Fsp3) is 0. The van der Waals surface area contributed by atoms with Crippen LogP contribution >= 0.6 is 0 Å². The van der Waals surface area contributed by atoms with Crippen molar-refractivity contribution < 1.29 is 19.8 Å². The van der Waals surface area contributed by atoms with Crippen LogP contribution in [0.3, 0.4) is 0 Å². The molecule has 0 aliphatic heterocycles. The molecule has 4 heteroatoms. The van der Waals surface area contributed by atoms with Gasteiger partial charge in [0.1, 0.15) is 0 Å². The van der Waals surface area contributed by atoms with Gasteiger partial charge in [0.25, 0.3) is 0 Å². The van der Waals surface area contributed by atoms with Gasteiger partial charge in [-0.15, -0.1) is 0 Å². The van der Waals surface area contributed by atoms with Gasteiger partial charge in [0.2, 0.25) is 0 Å². The van der Waals surface area contributed by atoms with E-state index in [1.54, 1.807) is 0 Å². The maximum absolute atomic E-state index is 9.55. The Balaban J connectivity index is 0.000000281. The van der Waals surface area contributed by atoms with E-state index in [1.807, 2.05) is 36.4 Å². The van der Waals surface area contributed by atoms with E-state index in [0.29, 0.717) is 12.2 Å². The maximum Gasteiger partial charge on any atom is 0.328 e. The highest BCUT2D eigenvalue weighted by Gasteiger charge is 1.88. The number of carboxylic acids is 2. The van der Waals surface area contributed by atoms with Crippen molar-refractivity contribution in [3.05, 3.63) is 54.6 Å². The third-order valence-electron chi connectivity index (χ3n) is 1.40. The lowest BCUT2D eigenvalue weighted by atomic mass is 10.2. The van der Waals surface area contributed by atoms with Crippen LogP contribution < -0.4 is 0 Å². The lowest BCUT2D eigenvalue weighted by Gasteiger charge is -1.85. The Morgan fingerprint density at radius 1 is 1.00 bits per heavy atom. The summed E-state index contributed by atoms with van der Waals surface area (Å²) in [5.41, 5.74) is 1.17. The molecule has 0 unspecified atom stereocenters. The normalized spacial score (nSPS) is 9.00. The first kappa shape index (κ1) is 13.6. The fourth-order valence-corrected chi connectivity index (χ4v) is 0.732. The summed E-state index contributed by atoms with van der Waals surface area (Å²) >= 11 is 0. The summed E-state index contributed by atoms with van der Waals surface area (Å²) in [5, 5.41) is 15.6. The van der Waals surface area contributed by atoms with E-state index in [0.717, 1.165) is 0 Å². The highest BCUT2D eigenvalue weighted by Crippen LogP contribution is 1.97. The molecule has 0 saturated carbocycles. The minimum absolute atomic E-state index is 0.558. The molecule has 0 heterocycles. The van der Waals surface area contributed by atoms with E-state index in [2.05, 4.69) is 6.58 Å². The fourth-order valence-electron chi connectivity index (χ4n) is 0.732. The van der Waals surface area contributed by atoms with Gasteiger partial charge in [-0.3, -0.25) is 0 Å². The molecule has 1 rings (SSSR count). The molecule has 0 aromatic heterocycles. The molecular formula is C12H12O4. The monoisotopic (exact) mass is 220 g/mol. The topological polar surface area (TPSA) is 74.6 Å². The number of hydrogen-bond acceptors (Lipinski definition) is 2. The Morgan fingerprint density at radius 3 is 1.69 bits per heavy atom.